The number of hydrogen-bond donors (Lipinski definition) is 2. The number of nitrogens with zero attached hydrogens (tertiary/aromatic N) is 1. The maximum atomic E-state index is 14.1. The van der Waals surface area contributed by atoms with E-state index in [-0.39, 0.29) is 18.7 Å². The van der Waals surface area contributed by atoms with Crippen LogP contribution >= 0.6 is 0 Å². The predicted molar refractivity (Wildman–Crippen MR) is 154 cm³/mol. The number of rotatable bonds is 11. The van der Waals surface area contributed by atoms with Gasteiger partial charge in [-0.05, 0) is 12.0 Å². The number of imidazole rings is 1. The Morgan fingerprint density at radius 2 is 1.25 bits per heavy atom. The zero-order valence-corrected chi connectivity index (χ0v) is 22.1. The molecule has 5 rings (SSSR count). The molecule has 6 nitrogen and oxygen atoms in total. The summed E-state index contributed by atoms with van der Waals surface area (Å²) in [5, 5.41) is 2.94. The standard InChI is InChI=1S/C34H31N3O3/c38-32(22-21-26-13-5-1-6-14-26)37-31(23-30-24-35-25-36-30)33(39)40-34(27-15-7-2-8-16-27,28-17-9-3-10-18-28)29-19-11-4-12-20-29/h1-20,24-25,31H,21-23H2,(H,35,36)(H,37,38)/t31-/m0/s1. The van der Waals surface area contributed by atoms with Gasteiger partial charge in [0.15, 0.2) is 5.60 Å². The summed E-state index contributed by atoms with van der Waals surface area (Å²) in [6.45, 7) is 0. The van der Waals surface area contributed by atoms with Crippen LogP contribution in [0.3, 0.4) is 0 Å². The van der Waals surface area contributed by atoms with E-state index < -0.39 is 17.6 Å². The molecule has 0 spiro atoms. The lowest BCUT2D eigenvalue weighted by Crippen LogP contribution is -2.47. The Morgan fingerprint density at radius 1 is 0.750 bits per heavy atom. The van der Waals surface area contributed by atoms with Gasteiger partial charge in [0.1, 0.15) is 6.04 Å². The number of amides is 1. The van der Waals surface area contributed by atoms with E-state index in [1.54, 1.807) is 12.5 Å². The fourth-order valence-corrected chi connectivity index (χ4v) is 4.90. The molecule has 1 amide bonds. The van der Waals surface area contributed by atoms with Crippen molar-refractivity contribution in [3.63, 3.8) is 0 Å². The summed E-state index contributed by atoms with van der Waals surface area (Å²) < 4.78 is 6.58. The molecule has 2 N–H and O–H groups in total. The zero-order valence-electron chi connectivity index (χ0n) is 22.1. The smallest absolute Gasteiger partial charge is 0.330 e. The van der Waals surface area contributed by atoms with Gasteiger partial charge < -0.3 is 15.0 Å². The number of nitrogens with one attached hydrogen (secondary N) is 2. The predicted octanol–water partition coefficient (Wildman–Crippen LogP) is 5.61. The summed E-state index contributed by atoms with van der Waals surface area (Å²) in [4.78, 5) is 34.4. The molecule has 1 aromatic heterocycles. The van der Waals surface area contributed by atoms with E-state index in [4.69, 9.17) is 4.74 Å². The number of aryl methyl sites for hydroxylation is 1. The average molecular weight is 530 g/mol. The molecule has 0 saturated heterocycles. The van der Waals surface area contributed by atoms with Gasteiger partial charge in [-0.1, -0.05) is 121 Å². The van der Waals surface area contributed by atoms with Crippen molar-refractivity contribution in [2.45, 2.75) is 30.9 Å². The van der Waals surface area contributed by atoms with Crippen molar-refractivity contribution < 1.29 is 14.3 Å². The van der Waals surface area contributed by atoms with Gasteiger partial charge in [0, 0.05) is 41.4 Å². The molecular formula is C34H31N3O3. The van der Waals surface area contributed by atoms with Crippen molar-refractivity contribution in [3.8, 4) is 0 Å². The highest BCUT2D eigenvalue weighted by Gasteiger charge is 2.42. The monoisotopic (exact) mass is 529 g/mol. The highest BCUT2D eigenvalue weighted by Crippen LogP contribution is 2.40. The van der Waals surface area contributed by atoms with Crippen molar-refractivity contribution in [2.24, 2.45) is 0 Å². The number of carbonyl (C=O) groups is 2. The van der Waals surface area contributed by atoms with Gasteiger partial charge in [-0.2, -0.15) is 0 Å². The van der Waals surface area contributed by atoms with Crippen LogP contribution in [0.1, 0.15) is 34.4 Å². The largest absolute Gasteiger partial charge is 0.443 e. The summed E-state index contributed by atoms with van der Waals surface area (Å²) in [6.07, 6.45) is 4.23. The molecule has 0 aliphatic carbocycles. The van der Waals surface area contributed by atoms with Crippen LogP contribution in [-0.4, -0.2) is 27.9 Å². The van der Waals surface area contributed by atoms with Crippen LogP contribution < -0.4 is 5.32 Å². The summed E-state index contributed by atoms with van der Waals surface area (Å²) in [5.74, 6) is -0.769. The first-order valence-corrected chi connectivity index (χ1v) is 13.3. The van der Waals surface area contributed by atoms with Crippen LogP contribution in [0.2, 0.25) is 0 Å². The van der Waals surface area contributed by atoms with E-state index in [0.717, 1.165) is 27.9 Å². The van der Waals surface area contributed by atoms with Gasteiger partial charge >= 0.3 is 5.97 Å². The average Bonchev–Trinajstić information content (AvgIpc) is 3.53. The van der Waals surface area contributed by atoms with E-state index >= 15 is 0 Å². The molecule has 0 saturated carbocycles. The van der Waals surface area contributed by atoms with Crippen LogP contribution in [-0.2, 0) is 32.8 Å². The minimum Gasteiger partial charge on any atom is -0.443 e. The molecule has 0 unspecified atom stereocenters. The van der Waals surface area contributed by atoms with Crippen LogP contribution in [0.25, 0.3) is 0 Å². The van der Waals surface area contributed by atoms with E-state index in [2.05, 4.69) is 15.3 Å². The fourth-order valence-electron chi connectivity index (χ4n) is 4.90. The minimum absolute atomic E-state index is 0.213. The molecule has 200 valence electrons. The maximum absolute atomic E-state index is 14.1. The zero-order chi connectivity index (χ0) is 27.6. The number of ether oxygens (including phenoxy) is 1. The Bertz CT molecular complexity index is 1390. The van der Waals surface area contributed by atoms with Crippen molar-refractivity contribution in [2.75, 3.05) is 0 Å². The number of aromatic nitrogens is 2. The molecule has 1 atom stereocenters. The second-order valence-corrected chi connectivity index (χ2v) is 9.59. The summed E-state index contributed by atoms with van der Waals surface area (Å²) in [6, 6.07) is 38.0. The molecule has 5 aromatic rings. The number of H-pyrrole nitrogens is 1. The molecule has 6 heteroatoms. The van der Waals surface area contributed by atoms with Gasteiger partial charge in [-0.25, -0.2) is 9.78 Å². The molecule has 1 heterocycles. The molecule has 40 heavy (non-hydrogen) atoms. The van der Waals surface area contributed by atoms with E-state index in [1.165, 1.54) is 0 Å². The van der Waals surface area contributed by atoms with Crippen molar-refractivity contribution in [1.29, 1.82) is 0 Å². The van der Waals surface area contributed by atoms with E-state index in [1.807, 2.05) is 121 Å². The lowest BCUT2D eigenvalue weighted by atomic mass is 9.80. The Hall–Kier alpha value is -4.97. The number of aromatic amines is 1. The van der Waals surface area contributed by atoms with Crippen LogP contribution in [0.5, 0.6) is 0 Å². The highest BCUT2D eigenvalue weighted by atomic mass is 16.6. The number of esters is 1. The summed E-state index contributed by atoms with van der Waals surface area (Å²) in [7, 11) is 0. The first-order valence-electron chi connectivity index (χ1n) is 13.3. The molecule has 0 bridgehead atoms. The Morgan fingerprint density at radius 3 is 1.73 bits per heavy atom. The fraction of sp³-hybridized carbons (Fsp3) is 0.147. The third-order valence-corrected chi connectivity index (χ3v) is 6.88. The van der Waals surface area contributed by atoms with Gasteiger partial charge in [0.05, 0.1) is 6.33 Å². The van der Waals surface area contributed by atoms with Crippen molar-refractivity contribution in [3.05, 3.63) is 162 Å². The maximum Gasteiger partial charge on any atom is 0.330 e. The number of benzene rings is 4. The highest BCUT2D eigenvalue weighted by molar-refractivity contribution is 5.85. The molecule has 0 fully saturated rings. The first-order chi connectivity index (χ1) is 19.6. The third kappa shape index (κ3) is 6.18. The second-order valence-electron chi connectivity index (χ2n) is 9.59. The third-order valence-electron chi connectivity index (χ3n) is 6.88. The first kappa shape index (κ1) is 26.6. The van der Waals surface area contributed by atoms with Crippen molar-refractivity contribution in [1.82, 2.24) is 15.3 Å². The second kappa shape index (κ2) is 12.7. The van der Waals surface area contributed by atoms with Gasteiger partial charge in [0.25, 0.3) is 0 Å². The van der Waals surface area contributed by atoms with E-state index in [9.17, 15) is 9.59 Å². The molecule has 0 radical (unpaired) electrons. The Kier molecular flexibility index (Phi) is 8.47. The van der Waals surface area contributed by atoms with Gasteiger partial charge in [0.2, 0.25) is 5.91 Å². The lowest BCUT2D eigenvalue weighted by molar-refractivity contribution is -0.157. The normalized spacial score (nSPS) is 11.9. The number of hydrogen-bond acceptors (Lipinski definition) is 4. The van der Waals surface area contributed by atoms with Gasteiger partial charge in [-0.3, -0.25) is 4.79 Å². The Balaban J connectivity index is 1.49. The SMILES string of the molecule is O=C(CCc1ccccc1)N[C@@H](Cc1cnc[nH]1)C(=O)OC(c1ccccc1)(c1ccccc1)c1ccccc1. The molecule has 0 aliphatic heterocycles. The molecule has 0 aliphatic rings. The lowest BCUT2D eigenvalue weighted by Gasteiger charge is -2.36. The van der Waals surface area contributed by atoms with Crippen molar-refractivity contribution >= 4 is 11.9 Å². The topological polar surface area (TPSA) is 84.1 Å². The van der Waals surface area contributed by atoms with Crippen LogP contribution in [0.4, 0.5) is 0 Å². The van der Waals surface area contributed by atoms with Crippen LogP contribution in [0.15, 0.2) is 134 Å². The minimum atomic E-state index is -1.23. The summed E-state index contributed by atoms with van der Waals surface area (Å²) in [5.41, 5.74) is 2.95. The summed E-state index contributed by atoms with van der Waals surface area (Å²) >= 11 is 0. The van der Waals surface area contributed by atoms with Crippen LogP contribution in [0, 0.1) is 0 Å². The van der Waals surface area contributed by atoms with E-state index in [0.29, 0.717) is 6.42 Å². The number of carbonyl (C=O) groups excluding carboxylic acids is 2. The van der Waals surface area contributed by atoms with Gasteiger partial charge in [-0.15, -0.1) is 0 Å². The quantitative estimate of drug-likeness (QED) is 0.172. The Labute approximate surface area is 234 Å². The molecular weight excluding hydrogens is 498 g/mol. The molecule has 4 aromatic carbocycles.